The standard InChI is InChI=1S/C13H15F2NO2/c1-16(9-12(14)15)8-11-4-2-10(3-5-11)6-7-13(17)18/h2-7,12H,8-9H2,1H3,(H,17,18)/b7-6+. The second-order valence-corrected chi connectivity index (χ2v) is 4.00. The number of rotatable bonds is 6. The normalized spacial score (nSPS) is 11.6. The van der Waals surface area contributed by atoms with Gasteiger partial charge in [0.05, 0.1) is 6.54 Å². The first kappa shape index (κ1) is 14.3. The third-order valence-corrected chi connectivity index (χ3v) is 2.30. The molecule has 0 aliphatic heterocycles. The van der Waals surface area contributed by atoms with Crippen molar-refractivity contribution >= 4 is 12.0 Å². The molecule has 1 N–H and O–H groups in total. The van der Waals surface area contributed by atoms with Crippen molar-refractivity contribution in [1.29, 1.82) is 0 Å². The van der Waals surface area contributed by atoms with Crippen molar-refractivity contribution < 1.29 is 18.7 Å². The minimum atomic E-state index is -2.34. The SMILES string of the molecule is CN(Cc1ccc(/C=C/C(=O)O)cc1)CC(F)F. The summed E-state index contributed by atoms with van der Waals surface area (Å²) in [5.74, 6) is -1.00. The highest BCUT2D eigenvalue weighted by molar-refractivity contribution is 5.85. The van der Waals surface area contributed by atoms with E-state index in [0.717, 1.165) is 17.2 Å². The molecule has 0 saturated heterocycles. The van der Waals surface area contributed by atoms with Gasteiger partial charge >= 0.3 is 5.97 Å². The molecule has 1 aromatic carbocycles. The lowest BCUT2D eigenvalue weighted by Crippen LogP contribution is -2.23. The second-order valence-electron chi connectivity index (χ2n) is 4.00. The van der Waals surface area contributed by atoms with Gasteiger partial charge in [-0.2, -0.15) is 0 Å². The lowest BCUT2D eigenvalue weighted by molar-refractivity contribution is -0.131. The Hall–Kier alpha value is -1.75. The van der Waals surface area contributed by atoms with E-state index >= 15 is 0 Å². The van der Waals surface area contributed by atoms with Gasteiger partial charge in [0.2, 0.25) is 0 Å². The molecular formula is C13H15F2NO2. The quantitative estimate of drug-likeness (QED) is 0.794. The Morgan fingerprint density at radius 2 is 2.00 bits per heavy atom. The Labute approximate surface area is 104 Å². The van der Waals surface area contributed by atoms with E-state index in [2.05, 4.69) is 0 Å². The van der Waals surface area contributed by atoms with Crippen molar-refractivity contribution in [3.63, 3.8) is 0 Å². The average molecular weight is 255 g/mol. The van der Waals surface area contributed by atoms with Crippen LogP contribution in [-0.4, -0.2) is 36.0 Å². The molecule has 0 heterocycles. The molecule has 5 heteroatoms. The molecule has 0 atom stereocenters. The van der Waals surface area contributed by atoms with E-state index in [1.807, 2.05) is 0 Å². The minimum Gasteiger partial charge on any atom is -0.478 e. The third-order valence-electron chi connectivity index (χ3n) is 2.30. The summed E-state index contributed by atoms with van der Waals surface area (Å²) in [4.78, 5) is 11.9. The van der Waals surface area contributed by atoms with Gasteiger partial charge in [-0.25, -0.2) is 13.6 Å². The van der Waals surface area contributed by atoms with Gasteiger partial charge in [0.15, 0.2) is 0 Å². The molecular weight excluding hydrogens is 240 g/mol. The number of benzene rings is 1. The number of alkyl halides is 2. The zero-order valence-corrected chi connectivity index (χ0v) is 10.0. The Balaban J connectivity index is 2.57. The summed E-state index contributed by atoms with van der Waals surface area (Å²) in [5, 5.41) is 8.47. The fourth-order valence-corrected chi connectivity index (χ4v) is 1.51. The Morgan fingerprint density at radius 3 is 2.50 bits per heavy atom. The van der Waals surface area contributed by atoms with Gasteiger partial charge in [-0.15, -0.1) is 0 Å². The smallest absolute Gasteiger partial charge is 0.328 e. The number of carbonyl (C=O) groups is 1. The molecule has 0 aromatic heterocycles. The van der Waals surface area contributed by atoms with Gasteiger partial charge in [-0.3, -0.25) is 4.90 Å². The fraction of sp³-hybridized carbons (Fsp3) is 0.308. The molecule has 0 bridgehead atoms. The Morgan fingerprint density at radius 1 is 1.39 bits per heavy atom. The van der Waals surface area contributed by atoms with Crippen LogP contribution in [0.15, 0.2) is 30.3 Å². The highest BCUT2D eigenvalue weighted by Crippen LogP contribution is 2.09. The van der Waals surface area contributed by atoms with Crippen LogP contribution in [0.3, 0.4) is 0 Å². The summed E-state index contributed by atoms with van der Waals surface area (Å²) in [5.41, 5.74) is 1.67. The van der Waals surface area contributed by atoms with Crippen LogP contribution in [0.1, 0.15) is 11.1 Å². The zero-order valence-electron chi connectivity index (χ0n) is 10.0. The third kappa shape index (κ3) is 5.54. The van der Waals surface area contributed by atoms with Crippen LogP contribution < -0.4 is 0 Å². The first-order valence-electron chi connectivity index (χ1n) is 5.44. The van der Waals surface area contributed by atoms with Crippen molar-refractivity contribution in [2.24, 2.45) is 0 Å². The van der Waals surface area contributed by atoms with Crippen molar-refractivity contribution in [2.45, 2.75) is 13.0 Å². The lowest BCUT2D eigenvalue weighted by atomic mass is 10.1. The van der Waals surface area contributed by atoms with Crippen molar-refractivity contribution in [1.82, 2.24) is 4.90 Å². The molecule has 0 unspecified atom stereocenters. The maximum absolute atomic E-state index is 12.1. The van der Waals surface area contributed by atoms with E-state index in [1.165, 1.54) is 11.0 Å². The maximum Gasteiger partial charge on any atom is 0.328 e. The molecule has 1 rings (SSSR count). The molecule has 18 heavy (non-hydrogen) atoms. The van der Waals surface area contributed by atoms with Gasteiger partial charge in [0.25, 0.3) is 6.43 Å². The Kier molecular flexibility index (Phi) is 5.45. The predicted octanol–water partition coefficient (Wildman–Crippen LogP) is 2.48. The molecule has 0 aliphatic carbocycles. The number of hydrogen-bond acceptors (Lipinski definition) is 2. The molecule has 0 amide bonds. The van der Waals surface area contributed by atoms with E-state index in [4.69, 9.17) is 5.11 Å². The summed E-state index contributed by atoms with van der Waals surface area (Å²) in [6.45, 7) is 0.175. The maximum atomic E-state index is 12.1. The molecule has 0 fully saturated rings. The lowest BCUT2D eigenvalue weighted by Gasteiger charge is -2.15. The van der Waals surface area contributed by atoms with Crippen LogP contribution in [0, 0.1) is 0 Å². The van der Waals surface area contributed by atoms with Gasteiger partial charge in [-0.1, -0.05) is 24.3 Å². The van der Waals surface area contributed by atoms with Crippen LogP contribution in [0.4, 0.5) is 8.78 Å². The van der Waals surface area contributed by atoms with E-state index in [-0.39, 0.29) is 6.54 Å². The number of carboxylic acid groups (broad SMARTS) is 1. The van der Waals surface area contributed by atoms with Crippen LogP contribution in [0.25, 0.3) is 6.08 Å². The highest BCUT2D eigenvalue weighted by Gasteiger charge is 2.07. The molecule has 3 nitrogen and oxygen atoms in total. The highest BCUT2D eigenvalue weighted by atomic mass is 19.3. The van der Waals surface area contributed by atoms with E-state index in [9.17, 15) is 13.6 Å². The summed E-state index contributed by atoms with van der Waals surface area (Å²) in [7, 11) is 1.63. The molecule has 0 radical (unpaired) electrons. The van der Waals surface area contributed by atoms with Crippen molar-refractivity contribution in [3.05, 3.63) is 41.5 Å². The van der Waals surface area contributed by atoms with Gasteiger partial charge in [0, 0.05) is 12.6 Å². The van der Waals surface area contributed by atoms with Crippen LogP contribution in [0.5, 0.6) is 0 Å². The molecule has 0 aliphatic rings. The monoisotopic (exact) mass is 255 g/mol. The molecule has 1 aromatic rings. The van der Waals surface area contributed by atoms with E-state index in [0.29, 0.717) is 6.54 Å². The van der Waals surface area contributed by atoms with Gasteiger partial charge in [-0.05, 0) is 24.3 Å². The van der Waals surface area contributed by atoms with Crippen LogP contribution >= 0.6 is 0 Å². The van der Waals surface area contributed by atoms with Gasteiger partial charge in [0.1, 0.15) is 0 Å². The van der Waals surface area contributed by atoms with Crippen LogP contribution in [0.2, 0.25) is 0 Å². The van der Waals surface area contributed by atoms with Crippen molar-refractivity contribution in [3.8, 4) is 0 Å². The topological polar surface area (TPSA) is 40.5 Å². The summed E-state index contributed by atoms with van der Waals surface area (Å²) < 4.78 is 24.2. The Bertz CT molecular complexity index is 416. The predicted molar refractivity (Wildman–Crippen MR) is 65.4 cm³/mol. The largest absolute Gasteiger partial charge is 0.478 e. The van der Waals surface area contributed by atoms with Crippen molar-refractivity contribution in [2.75, 3.05) is 13.6 Å². The number of hydrogen-bond donors (Lipinski definition) is 1. The van der Waals surface area contributed by atoms with E-state index < -0.39 is 12.4 Å². The zero-order chi connectivity index (χ0) is 13.5. The average Bonchev–Trinajstić information content (AvgIpc) is 2.26. The first-order chi connectivity index (χ1) is 8.47. The molecule has 0 spiro atoms. The summed E-state index contributed by atoms with van der Waals surface area (Å²) >= 11 is 0. The van der Waals surface area contributed by atoms with E-state index in [1.54, 1.807) is 31.3 Å². The minimum absolute atomic E-state index is 0.263. The number of carboxylic acids is 1. The first-order valence-corrected chi connectivity index (χ1v) is 5.44. The molecule has 98 valence electrons. The summed E-state index contributed by atoms with van der Waals surface area (Å²) in [6, 6.07) is 7.10. The van der Waals surface area contributed by atoms with Crippen LogP contribution in [-0.2, 0) is 11.3 Å². The fourth-order valence-electron chi connectivity index (χ4n) is 1.51. The van der Waals surface area contributed by atoms with Gasteiger partial charge < -0.3 is 5.11 Å². The summed E-state index contributed by atoms with van der Waals surface area (Å²) in [6.07, 6.45) is 0.195. The number of halogens is 2. The second kappa shape index (κ2) is 6.86. The number of nitrogens with zero attached hydrogens (tertiary/aromatic N) is 1. The number of aliphatic carboxylic acids is 1. The molecule has 0 saturated carbocycles.